The number of rotatable bonds is 3. The van der Waals surface area contributed by atoms with Crippen molar-refractivity contribution in [3.8, 4) is 67.5 Å². The molecule has 0 radical (unpaired) electrons. The second-order valence-electron chi connectivity index (χ2n) is 16.7. The maximum Gasteiger partial charge on any atom is 0.164 e. The summed E-state index contributed by atoms with van der Waals surface area (Å²) in [5.41, 5.74) is 16.6. The largest absolute Gasteiger partial charge is 0.459 e. The quantitative estimate of drug-likeness (QED) is 0.180. The molecule has 0 saturated carbocycles. The Balaban J connectivity index is 1.06. The molecule has 4 nitrogen and oxygen atoms in total. The van der Waals surface area contributed by atoms with Gasteiger partial charge in [-0.1, -0.05) is 166 Å². The smallest absolute Gasteiger partial charge is 0.164 e. The van der Waals surface area contributed by atoms with Gasteiger partial charge in [-0.3, -0.25) is 0 Å². The lowest BCUT2D eigenvalue weighted by Gasteiger charge is -2.28. The number of furan rings is 1. The summed E-state index contributed by atoms with van der Waals surface area (Å²) in [6.45, 7) is 4.63. The lowest BCUT2D eigenvalue weighted by Crippen LogP contribution is -2.25. The summed E-state index contributed by atoms with van der Waals surface area (Å²) in [5, 5.41) is 3.44. The summed E-state index contributed by atoms with van der Waals surface area (Å²) in [6, 6.07) is 63.2. The third-order valence-corrected chi connectivity index (χ3v) is 13.3. The Morgan fingerprint density at radius 2 is 0.881 bits per heavy atom. The maximum atomic E-state index is 7.01. The zero-order valence-electron chi connectivity index (χ0n) is 32.5. The fraction of sp³-hybridized carbons (Fsp3) is 0.0727. The number of fused-ring (bicyclic) bond motifs is 16. The van der Waals surface area contributed by atoms with Crippen LogP contribution in [0.15, 0.2) is 180 Å². The minimum absolute atomic E-state index is 0.158. The van der Waals surface area contributed by atoms with Gasteiger partial charge in [0.25, 0.3) is 0 Å². The van der Waals surface area contributed by atoms with Crippen molar-refractivity contribution in [2.75, 3.05) is 0 Å². The van der Waals surface area contributed by atoms with Gasteiger partial charge in [0.1, 0.15) is 16.8 Å². The lowest BCUT2D eigenvalue weighted by molar-refractivity contribution is 0.507. The van der Waals surface area contributed by atoms with Gasteiger partial charge in [-0.15, -0.1) is 0 Å². The fourth-order valence-electron chi connectivity index (χ4n) is 10.6. The number of aromatic nitrogens is 3. The van der Waals surface area contributed by atoms with Gasteiger partial charge in [-0.05, 0) is 90.7 Å². The van der Waals surface area contributed by atoms with Gasteiger partial charge in [-0.2, -0.15) is 0 Å². The average Bonchev–Trinajstić information content (AvgIpc) is 3.97. The van der Waals surface area contributed by atoms with E-state index in [1.807, 2.05) is 0 Å². The molecule has 13 rings (SSSR count). The molecular formula is C55H35N3O. The van der Waals surface area contributed by atoms with E-state index in [-0.39, 0.29) is 5.41 Å². The van der Waals surface area contributed by atoms with Gasteiger partial charge in [0.2, 0.25) is 0 Å². The molecule has 0 amide bonds. The highest BCUT2D eigenvalue weighted by Crippen LogP contribution is 2.65. The molecular weight excluding hydrogens is 719 g/mol. The summed E-state index contributed by atoms with van der Waals surface area (Å²) >= 11 is 0. The molecule has 0 bridgehead atoms. The van der Waals surface area contributed by atoms with E-state index in [0.717, 1.165) is 44.4 Å². The highest BCUT2D eigenvalue weighted by Gasteiger charge is 2.55. The Kier molecular flexibility index (Phi) is 6.41. The van der Waals surface area contributed by atoms with Crippen LogP contribution in [0.25, 0.3) is 89.3 Å². The van der Waals surface area contributed by atoms with Crippen molar-refractivity contribution in [2.24, 2.45) is 0 Å². The SMILES string of the molecule is CC1(C)c2ccccc2-c2ccc(-c3nc(-c4ccc5c(c4)C4(c6ccccc6-c6ccccc64)c4oc6ccccc6c4-5)nc(-c4ccc5ccccc5c4)n3)cc21. The number of benzene rings is 8. The van der Waals surface area contributed by atoms with E-state index >= 15 is 0 Å². The van der Waals surface area contributed by atoms with Gasteiger partial charge in [0.05, 0.1) is 0 Å². The number of hydrogen-bond donors (Lipinski definition) is 0. The van der Waals surface area contributed by atoms with Crippen molar-refractivity contribution in [3.63, 3.8) is 0 Å². The normalized spacial score (nSPS) is 14.5. The summed E-state index contributed by atoms with van der Waals surface area (Å²) in [5.74, 6) is 2.89. The standard InChI is InChI=1S/C55H35N3O/c1-54(2)43-19-9-5-15-37(43)40-27-25-35(30-46(40)54)52-56-51(34-24-23-32-13-3-4-14-33(32)29-34)57-53(58-52)36-26-28-41-47(31-36)55(50-49(41)42-18-8-12-22-48(42)59-50)44-20-10-6-16-38(44)39-17-7-11-21-45(39)55/h3-31H,1-2H3. The van der Waals surface area contributed by atoms with Gasteiger partial charge < -0.3 is 4.42 Å². The highest BCUT2D eigenvalue weighted by atomic mass is 16.3. The zero-order chi connectivity index (χ0) is 39.0. The summed E-state index contributed by atoms with van der Waals surface area (Å²) < 4.78 is 7.01. The zero-order valence-corrected chi connectivity index (χ0v) is 32.5. The monoisotopic (exact) mass is 753 g/mol. The van der Waals surface area contributed by atoms with Gasteiger partial charge in [-0.25, -0.2) is 15.0 Å². The van der Waals surface area contributed by atoms with Crippen LogP contribution in [0, 0.1) is 0 Å². The Morgan fingerprint density at radius 3 is 1.58 bits per heavy atom. The van der Waals surface area contributed by atoms with Crippen LogP contribution in [0.2, 0.25) is 0 Å². The van der Waals surface area contributed by atoms with Crippen LogP contribution in [-0.2, 0) is 10.8 Å². The predicted molar refractivity (Wildman–Crippen MR) is 237 cm³/mol. The van der Waals surface area contributed by atoms with Gasteiger partial charge >= 0.3 is 0 Å². The van der Waals surface area contributed by atoms with Gasteiger partial charge in [0.15, 0.2) is 17.5 Å². The molecule has 10 aromatic rings. The predicted octanol–water partition coefficient (Wildman–Crippen LogP) is 13.4. The molecule has 3 aliphatic carbocycles. The van der Waals surface area contributed by atoms with Crippen molar-refractivity contribution < 1.29 is 4.42 Å². The topological polar surface area (TPSA) is 51.8 Å². The molecule has 276 valence electrons. The van der Waals surface area contributed by atoms with E-state index < -0.39 is 5.41 Å². The second-order valence-corrected chi connectivity index (χ2v) is 16.7. The van der Waals surface area contributed by atoms with Crippen molar-refractivity contribution in [1.82, 2.24) is 15.0 Å². The molecule has 2 heterocycles. The molecule has 0 fully saturated rings. The molecule has 1 spiro atoms. The molecule has 3 aliphatic rings. The second kappa shape index (κ2) is 11.6. The van der Waals surface area contributed by atoms with Crippen LogP contribution < -0.4 is 0 Å². The first kappa shape index (κ1) is 32.6. The van der Waals surface area contributed by atoms with Crippen LogP contribution in [0.4, 0.5) is 0 Å². The molecule has 0 N–H and O–H groups in total. The molecule has 0 atom stereocenters. The summed E-state index contributed by atoms with van der Waals surface area (Å²) in [6.07, 6.45) is 0. The van der Waals surface area contributed by atoms with Crippen LogP contribution in [0.5, 0.6) is 0 Å². The number of nitrogens with zero attached hydrogens (tertiary/aromatic N) is 3. The fourth-order valence-corrected chi connectivity index (χ4v) is 10.6. The van der Waals surface area contributed by atoms with E-state index in [4.69, 9.17) is 19.4 Å². The summed E-state index contributed by atoms with van der Waals surface area (Å²) in [7, 11) is 0. The number of para-hydroxylation sites is 1. The first-order chi connectivity index (χ1) is 29.0. The van der Waals surface area contributed by atoms with E-state index in [9.17, 15) is 0 Å². The maximum absolute atomic E-state index is 7.01. The van der Waals surface area contributed by atoms with Crippen molar-refractivity contribution in [1.29, 1.82) is 0 Å². The first-order valence-corrected chi connectivity index (χ1v) is 20.4. The minimum atomic E-state index is -0.648. The average molecular weight is 754 g/mol. The minimum Gasteiger partial charge on any atom is -0.459 e. The van der Waals surface area contributed by atoms with Gasteiger partial charge in [0, 0.05) is 33.1 Å². The van der Waals surface area contributed by atoms with E-state index in [1.165, 1.54) is 61.0 Å². The Hall–Kier alpha value is -7.43. The van der Waals surface area contributed by atoms with E-state index in [0.29, 0.717) is 17.5 Å². The first-order valence-electron chi connectivity index (χ1n) is 20.4. The van der Waals surface area contributed by atoms with E-state index in [1.54, 1.807) is 0 Å². The van der Waals surface area contributed by atoms with Crippen LogP contribution in [0.1, 0.15) is 47.4 Å². The highest BCUT2D eigenvalue weighted by molar-refractivity contribution is 6.05. The Labute approximate surface area is 341 Å². The Morgan fingerprint density at radius 1 is 0.390 bits per heavy atom. The third kappa shape index (κ3) is 4.30. The van der Waals surface area contributed by atoms with Crippen LogP contribution in [0.3, 0.4) is 0 Å². The van der Waals surface area contributed by atoms with Crippen molar-refractivity contribution in [2.45, 2.75) is 24.7 Å². The molecule has 0 saturated heterocycles. The lowest BCUT2D eigenvalue weighted by atomic mass is 9.73. The van der Waals surface area contributed by atoms with Crippen molar-refractivity contribution in [3.05, 3.63) is 210 Å². The summed E-state index contributed by atoms with van der Waals surface area (Å²) in [4.78, 5) is 15.9. The Bertz CT molecular complexity index is 3400. The molecule has 0 aliphatic heterocycles. The third-order valence-electron chi connectivity index (χ3n) is 13.3. The molecule has 59 heavy (non-hydrogen) atoms. The molecule has 2 aromatic heterocycles. The molecule has 4 heteroatoms. The number of hydrogen-bond acceptors (Lipinski definition) is 4. The molecule has 8 aromatic carbocycles. The van der Waals surface area contributed by atoms with Crippen LogP contribution >= 0.6 is 0 Å². The van der Waals surface area contributed by atoms with Crippen LogP contribution in [-0.4, -0.2) is 15.0 Å². The van der Waals surface area contributed by atoms with E-state index in [2.05, 4.69) is 190 Å². The molecule has 0 unspecified atom stereocenters. The van der Waals surface area contributed by atoms with Crippen molar-refractivity contribution >= 4 is 21.7 Å².